The monoisotopic (exact) mass is 133 g/mol. The van der Waals surface area contributed by atoms with Crippen molar-refractivity contribution in [1.29, 1.82) is 0 Å². The van der Waals surface area contributed by atoms with Gasteiger partial charge in [0.2, 0.25) is 0 Å². The fourth-order valence-corrected chi connectivity index (χ4v) is 0.603. The summed E-state index contributed by atoms with van der Waals surface area (Å²) in [6, 6.07) is 0. The third-order valence-corrected chi connectivity index (χ3v) is 0.963. The molecule has 0 aromatic carbocycles. The van der Waals surface area contributed by atoms with Crippen molar-refractivity contribution in [1.82, 2.24) is 15.5 Å². The third kappa shape index (κ3) is 4.35. The number of hydrogen-bond donors (Lipinski definition) is 3. The van der Waals surface area contributed by atoms with Crippen LogP contribution in [0.3, 0.4) is 0 Å². The van der Waals surface area contributed by atoms with Crippen molar-refractivity contribution in [3.8, 4) is 0 Å². The van der Waals surface area contributed by atoms with Crippen molar-refractivity contribution in [3.63, 3.8) is 0 Å². The van der Waals surface area contributed by atoms with Gasteiger partial charge in [0.25, 0.3) is 0 Å². The Hall–Kier alpha value is -0.160. The van der Waals surface area contributed by atoms with Crippen LogP contribution >= 0.6 is 0 Å². The first kappa shape index (κ1) is 8.84. The first-order chi connectivity index (χ1) is 4.35. The Kier molecular flexibility index (Phi) is 5.86. The van der Waals surface area contributed by atoms with Crippen LogP contribution < -0.4 is 10.6 Å². The minimum absolute atomic E-state index is 0.0850. The summed E-state index contributed by atoms with van der Waals surface area (Å²) in [5, 5.41) is 14.5. The van der Waals surface area contributed by atoms with Crippen molar-refractivity contribution in [2.24, 2.45) is 0 Å². The number of nitrogens with zero attached hydrogens (tertiary/aromatic N) is 1. The molecule has 0 saturated heterocycles. The maximum atomic E-state index is 8.63. The molecule has 3 N–H and O–H groups in total. The summed E-state index contributed by atoms with van der Waals surface area (Å²) in [6.45, 7) is 1.50. The lowest BCUT2D eigenvalue weighted by Gasteiger charge is -2.17. The van der Waals surface area contributed by atoms with Crippen LogP contribution in [0.25, 0.3) is 0 Å². The number of nitrogens with one attached hydrogen (secondary N) is 2. The molecule has 0 rings (SSSR count). The van der Waals surface area contributed by atoms with Crippen LogP contribution in [-0.2, 0) is 0 Å². The van der Waals surface area contributed by atoms with E-state index < -0.39 is 0 Å². The summed E-state index contributed by atoms with van der Waals surface area (Å²) >= 11 is 0. The van der Waals surface area contributed by atoms with Gasteiger partial charge in [0.05, 0.1) is 20.1 Å². The average Bonchev–Trinajstić information content (AvgIpc) is 1.88. The van der Waals surface area contributed by atoms with E-state index >= 15 is 0 Å². The van der Waals surface area contributed by atoms with Gasteiger partial charge < -0.3 is 15.7 Å². The van der Waals surface area contributed by atoms with E-state index in [1.807, 2.05) is 19.0 Å². The zero-order chi connectivity index (χ0) is 7.11. The van der Waals surface area contributed by atoms with Gasteiger partial charge in [0, 0.05) is 0 Å². The molecule has 0 fully saturated rings. The van der Waals surface area contributed by atoms with Gasteiger partial charge in [-0.15, -0.1) is 0 Å². The van der Waals surface area contributed by atoms with Crippen LogP contribution in [0.1, 0.15) is 0 Å². The molecule has 0 aromatic heterocycles. The van der Waals surface area contributed by atoms with Crippen molar-refractivity contribution in [3.05, 3.63) is 0 Å². The SMILES string of the molecule is CNCN(CO)CNC. The first-order valence-electron chi connectivity index (χ1n) is 2.97. The predicted octanol–water partition coefficient (Wildman–Crippen LogP) is -1.41. The zero-order valence-electron chi connectivity index (χ0n) is 6.02. The number of aliphatic hydroxyl groups excluding tert-OH is 1. The fraction of sp³-hybridized carbons (Fsp3) is 1.00. The van der Waals surface area contributed by atoms with Gasteiger partial charge in [-0.05, 0) is 14.1 Å². The second-order valence-electron chi connectivity index (χ2n) is 1.84. The lowest BCUT2D eigenvalue weighted by molar-refractivity contribution is 0.0959. The Morgan fingerprint density at radius 2 is 1.67 bits per heavy atom. The molecule has 0 unspecified atom stereocenters. The van der Waals surface area contributed by atoms with Crippen LogP contribution in [0.4, 0.5) is 0 Å². The van der Waals surface area contributed by atoms with Gasteiger partial charge in [-0.3, -0.25) is 4.90 Å². The molecule has 0 aromatic rings. The van der Waals surface area contributed by atoms with Gasteiger partial charge in [-0.25, -0.2) is 0 Å². The zero-order valence-corrected chi connectivity index (χ0v) is 6.02. The van der Waals surface area contributed by atoms with E-state index in [4.69, 9.17) is 5.11 Å². The summed E-state index contributed by atoms with van der Waals surface area (Å²) in [5.41, 5.74) is 0. The molecule has 0 radical (unpaired) electrons. The molecule has 0 bridgehead atoms. The van der Waals surface area contributed by atoms with Crippen LogP contribution in [0.2, 0.25) is 0 Å². The van der Waals surface area contributed by atoms with Gasteiger partial charge in [0.1, 0.15) is 0 Å². The quantitative estimate of drug-likeness (QED) is 0.403. The number of hydrogen-bond acceptors (Lipinski definition) is 4. The minimum atomic E-state index is 0.0850. The largest absolute Gasteiger partial charge is 0.381 e. The van der Waals surface area contributed by atoms with Gasteiger partial charge in [0.15, 0.2) is 0 Å². The lowest BCUT2D eigenvalue weighted by atomic mass is 10.7. The summed E-state index contributed by atoms with van der Waals surface area (Å²) in [7, 11) is 3.69. The van der Waals surface area contributed by atoms with Crippen molar-refractivity contribution < 1.29 is 5.11 Å². The van der Waals surface area contributed by atoms with E-state index in [-0.39, 0.29) is 6.73 Å². The van der Waals surface area contributed by atoms with Gasteiger partial charge >= 0.3 is 0 Å². The van der Waals surface area contributed by atoms with Crippen molar-refractivity contribution in [2.45, 2.75) is 0 Å². The number of rotatable bonds is 5. The maximum absolute atomic E-state index is 8.63. The number of aliphatic hydroxyl groups is 1. The molecular weight excluding hydrogens is 118 g/mol. The molecular formula is C5H15N3O. The molecule has 56 valence electrons. The van der Waals surface area contributed by atoms with Crippen LogP contribution in [0.5, 0.6) is 0 Å². The standard InChI is InChI=1S/C5H15N3O/c1-6-3-8(5-9)4-7-2/h6-7,9H,3-5H2,1-2H3. The van der Waals surface area contributed by atoms with E-state index in [9.17, 15) is 0 Å². The Morgan fingerprint density at radius 3 is 1.89 bits per heavy atom. The van der Waals surface area contributed by atoms with Crippen molar-refractivity contribution in [2.75, 3.05) is 34.2 Å². The second kappa shape index (κ2) is 5.97. The second-order valence-corrected chi connectivity index (χ2v) is 1.84. The smallest absolute Gasteiger partial charge is 0.0976 e. The van der Waals surface area contributed by atoms with E-state index in [0.29, 0.717) is 13.3 Å². The summed E-state index contributed by atoms with van der Waals surface area (Å²) in [6.07, 6.45) is 0. The highest BCUT2D eigenvalue weighted by Gasteiger charge is 1.96. The normalized spacial score (nSPS) is 10.7. The van der Waals surface area contributed by atoms with Crippen molar-refractivity contribution >= 4 is 0 Å². The molecule has 0 aliphatic heterocycles. The molecule has 0 saturated carbocycles. The Balaban J connectivity index is 3.18. The Morgan fingerprint density at radius 1 is 1.22 bits per heavy atom. The first-order valence-corrected chi connectivity index (χ1v) is 2.97. The Labute approximate surface area is 55.9 Å². The van der Waals surface area contributed by atoms with Crippen LogP contribution in [0, 0.1) is 0 Å². The predicted molar refractivity (Wildman–Crippen MR) is 36.8 cm³/mol. The molecule has 0 spiro atoms. The van der Waals surface area contributed by atoms with E-state index in [2.05, 4.69) is 10.6 Å². The average molecular weight is 133 g/mol. The molecule has 0 aliphatic carbocycles. The lowest BCUT2D eigenvalue weighted by Crippen LogP contribution is -2.38. The summed E-state index contributed by atoms with van der Waals surface area (Å²) < 4.78 is 0. The molecule has 4 nitrogen and oxygen atoms in total. The Bertz CT molecular complexity index is 54.2. The topological polar surface area (TPSA) is 47.5 Å². The fourth-order valence-electron chi connectivity index (χ4n) is 0.603. The highest BCUT2D eigenvalue weighted by atomic mass is 16.3. The van der Waals surface area contributed by atoms with Crippen LogP contribution in [-0.4, -0.2) is 44.2 Å². The van der Waals surface area contributed by atoms with Crippen LogP contribution in [0.15, 0.2) is 0 Å². The minimum Gasteiger partial charge on any atom is -0.381 e. The summed E-state index contributed by atoms with van der Waals surface area (Å²) in [4.78, 5) is 1.82. The van der Waals surface area contributed by atoms with E-state index in [0.717, 1.165) is 0 Å². The van der Waals surface area contributed by atoms with E-state index in [1.54, 1.807) is 0 Å². The summed E-state index contributed by atoms with van der Waals surface area (Å²) in [5.74, 6) is 0. The molecule has 4 heteroatoms. The molecule has 0 heterocycles. The maximum Gasteiger partial charge on any atom is 0.0976 e. The third-order valence-electron chi connectivity index (χ3n) is 0.963. The molecule has 9 heavy (non-hydrogen) atoms. The van der Waals surface area contributed by atoms with Gasteiger partial charge in [-0.2, -0.15) is 0 Å². The highest BCUT2D eigenvalue weighted by molar-refractivity contribution is 4.43. The molecule has 0 atom stereocenters. The van der Waals surface area contributed by atoms with E-state index in [1.165, 1.54) is 0 Å². The molecule has 0 aliphatic rings. The highest BCUT2D eigenvalue weighted by Crippen LogP contribution is 1.76. The van der Waals surface area contributed by atoms with Gasteiger partial charge in [-0.1, -0.05) is 0 Å². The molecule has 0 amide bonds.